The molecule has 0 amide bonds. The molecule has 1 aromatic heterocycles. The number of hydrogen-bond acceptors (Lipinski definition) is 2. The van der Waals surface area contributed by atoms with E-state index in [1.165, 1.54) is 18.2 Å². The lowest BCUT2D eigenvalue weighted by Gasteiger charge is -2.15. The van der Waals surface area contributed by atoms with Crippen molar-refractivity contribution in [2.24, 2.45) is 0 Å². The Hall–Kier alpha value is -0.410. The molecular weight excluding hydrogens is 206 g/mol. The van der Waals surface area contributed by atoms with Gasteiger partial charge in [0.2, 0.25) is 0 Å². The van der Waals surface area contributed by atoms with E-state index in [1.807, 2.05) is 0 Å². The molecule has 0 aliphatic heterocycles. The third kappa shape index (κ3) is 2.27. The first kappa shape index (κ1) is 3.54. The van der Waals surface area contributed by atoms with Gasteiger partial charge in [0.15, 0.2) is 0 Å². The first-order valence-electron chi connectivity index (χ1n) is 5.85. The highest BCUT2D eigenvalue weighted by molar-refractivity contribution is 9.10. The first-order valence-corrected chi connectivity index (χ1v) is 3.65. The van der Waals surface area contributed by atoms with Gasteiger partial charge in [0.05, 0.1) is 5.69 Å². The summed E-state index contributed by atoms with van der Waals surface area (Å²) in [5.74, 6) is 0. The van der Waals surface area contributed by atoms with Crippen LogP contribution in [0.5, 0.6) is 0 Å². The highest BCUT2D eigenvalue weighted by atomic mass is 79.9. The number of aromatic nitrogens is 1. The van der Waals surface area contributed by atoms with Crippen LogP contribution >= 0.6 is 15.9 Å². The first-order chi connectivity index (χ1) is 7.50. The van der Waals surface area contributed by atoms with Gasteiger partial charge in [-0.25, -0.2) is 4.98 Å². The largest absolute Gasteiger partial charge is 0.384 e. The minimum Gasteiger partial charge on any atom is -0.384 e. The van der Waals surface area contributed by atoms with E-state index in [1.54, 1.807) is 0 Å². The number of aliphatic hydroxyl groups is 1. The quantitative estimate of drug-likeness (QED) is 0.738. The highest BCUT2D eigenvalue weighted by Gasteiger charge is 2.16. The summed E-state index contributed by atoms with van der Waals surface area (Å²) in [5, 5.41) is 10.1. The van der Waals surface area contributed by atoms with E-state index in [9.17, 15) is 5.11 Å². The number of rotatable bonds is 1. The molecule has 11 heavy (non-hydrogen) atoms. The Morgan fingerprint density at radius 3 is 2.91 bits per heavy atom. The molecule has 0 saturated heterocycles. The molecule has 60 valence electrons. The van der Waals surface area contributed by atoms with E-state index in [0.29, 0.717) is 0 Å². The van der Waals surface area contributed by atoms with Gasteiger partial charge in [-0.3, -0.25) is 0 Å². The van der Waals surface area contributed by atoms with Crippen LogP contribution in [-0.2, 0) is 5.60 Å². The van der Waals surface area contributed by atoms with Crippen LogP contribution in [0.2, 0.25) is 0 Å². The van der Waals surface area contributed by atoms with Crippen molar-refractivity contribution in [1.29, 1.82) is 0 Å². The number of halogens is 1. The smallest absolute Gasteiger partial charge is 0.106 e. The van der Waals surface area contributed by atoms with Crippen molar-refractivity contribution in [2.75, 3.05) is 0 Å². The summed E-state index contributed by atoms with van der Waals surface area (Å²) in [6.45, 7) is -6.21. The van der Waals surface area contributed by atoms with E-state index < -0.39 is 25.0 Å². The second-order valence-electron chi connectivity index (χ2n) is 2.06. The summed E-state index contributed by atoms with van der Waals surface area (Å²) in [4.78, 5) is 3.72. The van der Waals surface area contributed by atoms with Gasteiger partial charge in [0.25, 0.3) is 0 Å². The predicted octanol–water partition coefficient (Wildman–Crippen LogP) is 2.07. The summed E-state index contributed by atoms with van der Waals surface area (Å²) in [6, 6.07) is 4.08. The standard InChI is InChI=1S/C8H10BrNO/c1-8(2,11)6-4-3-5-7(9)10-6/h3-5,11H,1-2H3/i1D3,2D3. The Bertz CT molecular complexity index is 401. The van der Waals surface area contributed by atoms with Crippen molar-refractivity contribution in [3.63, 3.8) is 0 Å². The van der Waals surface area contributed by atoms with Gasteiger partial charge in [-0.15, -0.1) is 0 Å². The van der Waals surface area contributed by atoms with E-state index >= 15 is 0 Å². The van der Waals surface area contributed by atoms with Gasteiger partial charge >= 0.3 is 0 Å². The van der Waals surface area contributed by atoms with E-state index in [-0.39, 0.29) is 4.60 Å². The van der Waals surface area contributed by atoms with Crippen molar-refractivity contribution in [1.82, 2.24) is 4.98 Å². The van der Waals surface area contributed by atoms with Crippen LogP contribution in [0, 0.1) is 0 Å². The molecule has 1 aromatic rings. The molecular formula is C8H10BrNO. The zero-order valence-electron chi connectivity index (χ0n) is 11.5. The fourth-order valence-electron chi connectivity index (χ4n) is 0.610. The number of hydrogen-bond donors (Lipinski definition) is 1. The lowest BCUT2D eigenvalue weighted by atomic mass is 10.1. The van der Waals surface area contributed by atoms with Gasteiger partial charge in [-0.1, -0.05) is 6.07 Å². The Kier molecular flexibility index (Phi) is 0.937. The Labute approximate surface area is 82.8 Å². The fourth-order valence-corrected chi connectivity index (χ4v) is 0.953. The number of nitrogens with zero attached hydrogens (tertiary/aromatic N) is 1. The summed E-state index contributed by atoms with van der Waals surface area (Å²) in [5.41, 5.74) is -3.39. The maximum absolute atomic E-state index is 10.1. The molecule has 0 bridgehead atoms. The van der Waals surface area contributed by atoms with Crippen LogP contribution in [0.25, 0.3) is 0 Å². The van der Waals surface area contributed by atoms with Crippen molar-refractivity contribution < 1.29 is 13.3 Å². The molecule has 0 spiro atoms. The molecule has 0 radical (unpaired) electrons. The minimum absolute atomic E-state index is 0.252. The molecule has 0 saturated carbocycles. The normalized spacial score (nSPS) is 22.0. The Morgan fingerprint density at radius 1 is 1.64 bits per heavy atom. The Balaban J connectivity index is 3.46. The van der Waals surface area contributed by atoms with Crippen LogP contribution in [0.1, 0.15) is 27.6 Å². The zero-order chi connectivity index (χ0) is 13.5. The van der Waals surface area contributed by atoms with E-state index in [4.69, 9.17) is 8.22 Å². The van der Waals surface area contributed by atoms with Crippen molar-refractivity contribution in [3.8, 4) is 0 Å². The van der Waals surface area contributed by atoms with Crippen molar-refractivity contribution >= 4 is 15.9 Å². The summed E-state index contributed by atoms with van der Waals surface area (Å²) in [7, 11) is 0. The van der Waals surface area contributed by atoms with Crippen molar-refractivity contribution in [2.45, 2.75) is 19.3 Å². The summed E-state index contributed by atoms with van der Waals surface area (Å²) >= 11 is 3.00. The Morgan fingerprint density at radius 2 is 2.36 bits per heavy atom. The molecule has 0 aromatic carbocycles. The van der Waals surface area contributed by atoms with Crippen molar-refractivity contribution in [3.05, 3.63) is 28.5 Å². The molecule has 2 nitrogen and oxygen atoms in total. The van der Waals surface area contributed by atoms with Crippen LogP contribution in [-0.4, -0.2) is 10.1 Å². The molecule has 0 unspecified atom stereocenters. The molecule has 0 atom stereocenters. The molecule has 0 aliphatic carbocycles. The lowest BCUT2D eigenvalue weighted by molar-refractivity contribution is 0.0737. The average Bonchev–Trinajstić information content (AvgIpc) is 2.12. The summed E-state index contributed by atoms with van der Waals surface area (Å²) < 4.78 is 43.6. The predicted molar refractivity (Wildman–Crippen MR) is 47.2 cm³/mol. The molecule has 1 N–H and O–H groups in total. The van der Waals surface area contributed by atoms with Gasteiger partial charge in [-0.05, 0) is 41.8 Å². The minimum atomic E-state index is -3.11. The van der Waals surface area contributed by atoms with E-state index in [0.717, 1.165) is 0 Å². The third-order valence-electron chi connectivity index (χ3n) is 1.09. The SMILES string of the molecule is [2H]C([2H])([2H])C(O)(c1cccc(Br)n1)C([2H])([2H])[2H]. The maximum Gasteiger partial charge on any atom is 0.106 e. The fraction of sp³-hybridized carbons (Fsp3) is 0.375. The average molecular weight is 222 g/mol. The zero-order valence-corrected chi connectivity index (χ0v) is 7.09. The van der Waals surface area contributed by atoms with Crippen LogP contribution in [0.3, 0.4) is 0 Å². The van der Waals surface area contributed by atoms with Gasteiger partial charge < -0.3 is 5.11 Å². The third-order valence-corrected chi connectivity index (χ3v) is 1.53. The van der Waals surface area contributed by atoms with Gasteiger partial charge in [0, 0.05) is 8.22 Å². The highest BCUT2D eigenvalue weighted by Crippen LogP contribution is 2.18. The summed E-state index contributed by atoms with van der Waals surface area (Å²) in [6.07, 6.45) is 0. The molecule has 3 heteroatoms. The second kappa shape index (κ2) is 2.91. The van der Waals surface area contributed by atoms with Gasteiger partial charge in [-0.2, -0.15) is 0 Å². The maximum atomic E-state index is 10.1. The van der Waals surface area contributed by atoms with Crippen LogP contribution in [0.4, 0.5) is 0 Å². The monoisotopic (exact) mass is 221 g/mol. The van der Waals surface area contributed by atoms with Crippen LogP contribution < -0.4 is 0 Å². The number of pyridine rings is 1. The van der Waals surface area contributed by atoms with Gasteiger partial charge in [0.1, 0.15) is 10.2 Å². The van der Waals surface area contributed by atoms with E-state index in [2.05, 4.69) is 20.9 Å². The van der Waals surface area contributed by atoms with Crippen LogP contribution in [0.15, 0.2) is 22.8 Å². The molecule has 0 fully saturated rings. The molecule has 1 rings (SSSR count). The molecule has 1 heterocycles. The lowest BCUT2D eigenvalue weighted by Crippen LogP contribution is -2.17. The second-order valence-corrected chi connectivity index (χ2v) is 2.87. The topological polar surface area (TPSA) is 33.1 Å². The molecule has 0 aliphatic rings.